The van der Waals surface area contributed by atoms with Gasteiger partial charge in [0.05, 0.1) is 16.3 Å². The lowest BCUT2D eigenvalue weighted by molar-refractivity contribution is 0.111. The first kappa shape index (κ1) is 8.97. The Balaban J connectivity index is 2.59. The fourth-order valence-electron chi connectivity index (χ4n) is 1.39. The van der Waals surface area contributed by atoms with Crippen LogP contribution in [0, 0.1) is 0 Å². The van der Waals surface area contributed by atoms with E-state index in [2.05, 4.69) is 6.58 Å². The first-order valence-corrected chi connectivity index (χ1v) is 5.07. The number of hydrogen-bond acceptors (Lipinski definition) is 2. The summed E-state index contributed by atoms with van der Waals surface area (Å²) in [5.41, 5.74) is 1.64. The minimum Gasteiger partial charge on any atom is -0.313 e. The molecule has 2 aromatic heterocycles. The number of carbonyl (C=O) groups is 1. The van der Waals surface area contributed by atoms with Gasteiger partial charge in [0.2, 0.25) is 0 Å². The molecule has 0 spiro atoms. The predicted octanol–water partition coefficient (Wildman–Crippen LogP) is 3.13. The molecule has 0 saturated carbocycles. The van der Waals surface area contributed by atoms with Crippen molar-refractivity contribution in [2.24, 2.45) is 0 Å². The molecule has 0 unspecified atom stereocenters. The molecule has 2 rings (SSSR count). The molecule has 0 saturated heterocycles. The molecule has 14 heavy (non-hydrogen) atoms. The second-order valence-electron chi connectivity index (χ2n) is 2.79. The van der Waals surface area contributed by atoms with Gasteiger partial charge in [-0.1, -0.05) is 12.6 Å². The van der Waals surface area contributed by atoms with Gasteiger partial charge in [-0.25, -0.2) is 0 Å². The van der Waals surface area contributed by atoms with Crippen molar-refractivity contribution in [3.8, 4) is 10.6 Å². The maximum atomic E-state index is 10.7. The summed E-state index contributed by atoms with van der Waals surface area (Å²) in [5, 5.41) is 2.01. The summed E-state index contributed by atoms with van der Waals surface area (Å²) >= 11 is 1.64. The molecule has 2 nitrogen and oxygen atoms in total. The summed E-state index contributed by atoms with van der Waals surface area (Å²) in [7, 11) is 0. The zero-order chi connectivity index (χ0) is 9.97. The highest BCUT2D eigenvalue weighted by Crippen LogP contribution is 2.26. The Kier molecular flexibility index (Phi) is 2.33. The molecular weight excluding hydrogens is 194 g/mol. The average molecular weight is 203 g/mol. The molecule has 70 valence electrons. The highest BCUT2D eigenvalue weighted by atomic mass is 32.1. The van der Waals surface area contributed by atoms with Crippen LogP contribution in [-0.2, 0) is 0 Å². The Morgan fingerprint density at radius 1 is 1.36 bits per heavy atom. The molecule has 0 atom stereocenters. The molecule has 0 aromatic carbocycles. The van der Waals surface area contributed by atoms with Crippen molar-refractivity contribution in [3.63, 3.8) is 0 Å². The molecule has 0 N–H and O–H groups in total. The third-order valence-electron chi connectivity index (χ3n) is 2.03. The van der Waals surface area contributed by atoms with E-state index in [4.69, 9.17) is 0 Å². The van der Waals surface area contributed by atoms with Gasteiger partial charge in [-0.3, -0.25) is 4.79 Å². The number of aromatic nitrogens is 1. The maximum Gasteiger partial charge on any atom is 0.166 e. The van der Waals surface area contributed by atoms with Crippen molar-refractivity contribution in [1.82, 2.24) is 4.57 Å². The van der Waals surface area contributed by atoms with E-state index in [1.807, 2.05) is 23.6 Å². The standard InChI is InChI=1S/C11H9NOS/c1-2-12-9(8-13)5-6-10(12)11-4-3-7-14-11/h2-8H,1H2. The van der Waals surface area contributed by atoms with Gasteiger partial charge in [0.25, 0.3) is 0 Å². The number of rotatable bonds is 3. The molecule has 0 amide bonds. The Bertz CT molecular complexity index is 454. The Morgan fingerprint density at radius 3 is 2.79 bits per heavy atom. The largest absolute Gasteiger partial charge is 0.313 e. The van der Waals surface area contributed by atoms with E-state index < -0.39 is 0 Å². The molecule has 3 heteroatoms. The SMILES string of the molecule is C=Cn1c(C=O)ccc1-c1cccs1. The van der Waals surface area contributed by atoms with Crippen molar-refractivity contribution in [1.29, 1.82) is 0 Å². The van der Waals surface area contributed by atoms with E-state index in [1.165, 1.54) is 0 Å². The summed E-state index contributed by atoms with van der Waals surface area (Å²) in [5.74, 6) is 0. The summed E-state index contributed by atoms with van der Waals surface area (Å²) < 4.78 is 1.79. The third-order valence-corrected chi connectivity index (χ3v) is 2.92. The van der Waals surface area contributed by atoms with Gasteiger partial charge < -0.3 is 4.57 Å². The van der Waals surface area contributed by atoms with Crippen LogP contribution in [0.1, 0.15) is 10.5 Å². The second kappa shape index (κ2) is 3.64. The minimum atomic E-state index is 0.628. The van der Waals surface area contributed by atoms with Crippen LogP contribution in [0.4, 0.5) is 0 Å². The monoisotopic (exact) mass is 203 g/mol. The molecule has 0 aliphatic heterocycles. The first-order valence-electron chi connectivity index (χ1n) is 4.19. The minimum absolute atomic E-state index is 0.628. The fraction of sp³-hybridized carbons (Fsp3) is 0. The highest BCUT2D eigenvalue weighted by Gasteiger charge is 2.07. The first-order chi connectivity index (χ1) is 6.86. The van der Waals surface area contributed by atoms with Crippen molar-refractivity contribution < 1.29 is 4.79 Å². The van der Waals surface area contributed by atoms with Crippen LogP contribution in [0.15, 0.2) is 36.2 Å². The lowest BCUT2D eigenvalue weighted by Gasteiger charge is -2.02. The van der Waals surface area contributed by atoms with Gasteiger partial charge in [0.1, 0.15) is 0 Å². The van der Waals surface area contributed by atoms with Crippen molar-refractivity contribution in [2.45, 2.75) is 0 Å². The van der Waals surface area contributed by atoms with E-state index in [1.54, 1.807) is 28.2 Å². The lowest BCUT2D eigenvalue weighted by atomic mass is 10.3. The number of thiophene rings is 1. The van der Waals surface area contributed by atoms with Crippen LogP contribution in [0.5, 0.6) is 0 Å². The molecule has 2 aromatic rings. The Labute approximate surface area is 86.1 Å². The second-order valence-corrected chi connectivity index (χ2v) is 3.74. The number of aldehydes is 1. The maximum absolute atomic E-state index is 10.7. The Hall–Kier alpha value is -1.61. The zero-order valence-electron chi connectivity index (χ0n) is 7.51. The number of hydrogen-bond donors (Lipinski definition) is 0. The third kappa shape index (κ3) is 1.32. The van der Waals surface area contributed by atoms with Gasteiger partial charge in [0, 0.05) is 6.20 Å². The summed E-state index contributed by atoms with van der Waals surface area (Å²) in [6.07, 6.45) is 2.48. The van der Waals surface area contributed by atoms with Crippen LogP contribution in [-0.4, -0.2) is 10.9 Å². The zero-order valence-corrected chi connectivity index (χ0v) is 8.33. The van der Waals surface area contributed by atoms with Crippen molar-refractivity contribution in [3.05, 3.63) is 41.9 Å². The van der Waals surface area contributed by atoms with Crippen LogP contribution in [0.3, 0.4) is 0 Å². The molecule has 0 fully saturated rings. The summed E-state index contributed by atoms with van der Waals surface area (Å²) in [6, 6.07) is 7.73. The van der Waals surface area contributed by atoms with E-state index >= 15 is 0 Å². The molecule has 2 heterocycles. The smallest absolute Gasteiger partial charge is 0.166 e. The van der Waals surface area contributed by atoms with E-state index in [0.717, 1.165) is 16.9 Å². The molecular formula is C11H9NOS. The topological polar surface area (TPSA) is 22.0 Å². The van der Waals surface area contributed by atoms with Gasteiger partial charge in [0.15, 0.2) is 6.29 Å². The predicted molar refractivity (Wildman–Crippen MR) is 59.5 cm³/mol. The number of nitrogens with zero attached hydrogens (tertiary/aromatic N) is 1. The van der Waals surface area contributed by atoms with Crippen molar-refractivity contribution in [2.75, 3.05) is 0 Å². The summed E-state index contributed by atoms with van der Waals surface area (Å²) in [6.45, 7) is 3.69. The van der Waals surface area contributed by atoms with Crippen LogP contribution in [0.2, 0.25) is 0 Å². The van der Waals surface area contributed by atoms with Crippen molar-refractivity contribution >= 4 is 23.8 Å². The average Bonchev–Trinajstić information content (AvgIpc) is 2.85. The highest BCUT2D eigenvalue weighted by molar-refractivity contribution is 7.13. The molecule has 0 bridgehead atoms. The summed E-state index contributed by atoms with van der Waals surface area (Å²) in [4.78, 5) is 11.8. The lowest BCUT2D eigenvalue weighted by Crippen LogP contribution is -1.93. The van der Waals surface area contributed by atoms with Gasteiger partial charge in [-0.05, 0) is 23.6 Å². The van der Waals surface area contributed by atoms with Gasteiger partial charge in [-0.2, -0.15) is 0 Å². The molecule has 0 aliphatic carbocycles. The van der Waals surface area contributed by atoms with E-state index in [-0.39, 0.29) is 0 Å². The van der Waals surface area contributed by atoms with Gasteiger partial charge >= 0.3 is 0 Å². The van der Waals surface area contributed by atoms with Crippen LogP contribution >= 0.6 is 11.3 Å². The van der Waals surface area contributed by atoms with E-state index in [0.29, 0.717) is 5.69 Å². The number of carbonyl (C=O) groups excluding carboxylic acids is 1. The normalized spacial score (nSPS) is 10.0. The molecule has 0 aliphatic rings. The fourth-order valence-corrected chi connectivity index (χ4v) is 2.14. The Morgan fingerprint density at radius 2 is 2.21 bits per heavy atom. The van der Waals surface area contributed by atoms with Crippen LogP contribution < -0.4 is 0 Å². The van der Waals surface area contributed by atoms with Crippen LogP contribution in [0.25, 0.3) is 16.8 Å². The molecule has 0 radical (unpaired) electrons. The quantitative estimate of drug-likeness (QED) is 0.702. The van der Waals surface area contributed by atoms with E-state index in [9.17, 15) is 4.79 Å². The van der Waals surface area contributed by atoms with Gasteiger partial charge in [-0.15, -0.1) is 11.3 Å².